The van der Waals surface area contributed by atoms with Crippen LogP contribution in [0.1, 0.15) is 18.5 Å². The molecule has 3 aromatic rings. The van der Waals surface area contributed by atoms with Crippen LogP contribution in [0.2, 0.25) is 0 Å². The summed E-state index contributed by atoms with van der Waals surface area (Å²) in [5, 5.41) is 8.41. The van der Waals surface area contributed by atoms with Gasteiger partial charge in [-0.3, -0.25) is 14.3 Å². The number of hydrogen-bond donors (Lipinski definition) is 0. The van der Waals surface area contributed by atoms with E-state index in [2.05, 4.69) is 25.1 Å². The van der Waals surface area contributed by atoms with Crippen molar-refractivity contribution in [1.82, 2.24) is 24.7 Å². The molecule has 1 aliphatic heterocycles. The lowest BCUT2D eigenvalue weighted by Gasteiger charge is -2.32. The lowest BCUT2D eigenvalue weighted by atomic mass is 9.96. The maximum Gasteiger partial charge on any atom is 0.253 e. The molecule has 0 unspecified atom stereocenters. The Bertz CT molecular complexity index is 946. The summed E-state index contributed by atoms with van der Waals surface area (Å²) in [6.45, 7) is 4.50. The summed E-state index contributed by atoms with van der Waals surface area (Å²) >= 11 is 0. The van der Waals surface area contributed by atoms with Crippen LogP contribution in [0.15, 0.2) is 53.8 Å². The van der Waals surface area contributed by atoms with Gasteiger partial charge in [0.2, 0.25) is 0 Å². The maximum absolute atomic E-state index is 12.5. The monoisotopic (exact) mass is 362 g/mol. The van der Waals surface area contributed by atoms with Crippen LogP contribution >= 0.6 is 0 Å². The number of aryl methyl sites for hydroxylation is 1. The Kier molecular flexibility index (Phi) is 4.91. The second-order valence-electron chi connectivity index (χ2n) is 6.96. The molecular formula is C20H22N6O. The van der Waals surface area contributed by atoms with Crippen LogP contribution in [0.5, 0.6) is 0 Å². The molecule has 7 heteroatoms. The van der Waals surface area contributed by atoms with Gasteiger partial charge in [-0.15, -0.1) is 5.10 Å². The molecule has 27 heavy (non-hydrogen) atoms. The molecule has 1 fully saturated rings. The smallest absolute Gasteiger partial charge is 0.253 e. The molecule has 0 aliphatic carbocycles. The number of anilines is 1. The quantitative estimate of drug-likeness (QED) is 0.709. The second-order valence-corrected chi connectivity index (χ2v) is 6.96. The van der Waals surface area contributed by atoms with E-state index in [1.807, 2.05) is 31.2 Å². The van der Waals surface area contributed by atoms with Gasteiger partial charge in [0.15, 0.2) is 5.82 Å². The van der Waals surface area contributed by atoms with Gasteiger partial charge in [0.1, 0.15) is 0 Å². The third-order valence-corrected chi connectivity index (χ3v) is 5.03. The summed E-state index contributed by atoms with van der Waals surface area (Å²) < 4.78 is 1.72. The van der Waals surface area contributed by atoms with Gasteiger partial charge < -0.3 is 4.90 Å². The van der Waals surface area contributed by atoms with Gasteiger partial charge in [-0.2, -0.15) is 5.10 Å². The Morgan fingerprint density at radius 3 is 2.52 bits per heavy atom. The van der Waals surface area contributed by atoms with Crippen LogP contribution in [0.4, 0.5) is 5.82 Å². The van der Waals surface area contributed by atoms with Gasteiger partial charge in [0.05, 0.1) is 17.7 Å². The molecular weight excluding hydrogens is 340 g/mol. The number of hydrogen-bond acceptors (Lipinski definition) is 6. The van der Waals surface area contributed by atoms with E-state index in [0.717, 1.165) is 43.0 Å². The van der Waals surface area contributed by atoms with Gasteiger partial charge in [-0.1, -0.05) is 0 Å². The first kappa shape index (κ1) is 17.3. The van der Waals surface area contributed by atoms with Crippen molar-refractivity contribution >= 4 is 5.82 Å². The third-order valence-electron chi connectivity index (χ3n) is 5.03. The van der Waals surface area contributed by atoms with E-state index in [-0.39, 0.29) is 5.56 Å². The van der Waals surface area contributed by atoms with E-state index in [4.69, 9.17) is 0 Å². The summed E-state index contributed by atoms with van der Waals surface area (Å²) in [4.78, 5) is 23.2. The van der Waals surface area contributed by atoms with Crippen molar-refractivity contribution < 1.29 is 0 Å². The summed E-state index contributed by atoms with van der Waals surface area (Å²) in [5.41, 5.74) is 2.51. The van der Waals surface area contributed by atoms with Crippen LogP contribution < -0.4 is 10.5 Å². The summed E-state index contributed by atoms with van der Waals surface area (Å²) in [6.07, 6.45) is 7.11. The van der Waals surface area contributed by atoms with Crippen molar-refractivity contribution in [3.8, 4) is 11.3 Å². The SMILES string of the molecule is Cc1ccc(N2CCC(Cn3cnc(-c4ccncc4)cc3=O)CC2)nn1. The molecule has 0 bridgehead atoms. The van der Waals surface area contributed by atoms with Crippen LogP contribution in [0.3, 0.4) is 0 Å². The minimum Gasteiger partial charge on any atom is -0.355 e. The fourth-order valence-corrected chi connectivity index (χ4v) is 3.43. The lowest BCUT2D eigenvalue weighted by molar-refractivity contribution is 0.350. The summed E-state index contributed by atoms with van der Waals surface area (Å²) in [7, 11) is 0. The van der Waals surface area contributed by atoms with Crippen LogP contribution in [-0.4, -0.2) is 37.8 Å². The molecule has 7 nitrogen and oxygen atoms in total. The Labute approximate surface area is 157 Å². The van der Waals surface area contributed by atoms with Gasteiger partial charge in [0.25, 0.3) is 5.56 Å². The fraction of sp³-hybridized carbons (Fsp3) is 0.350. The van der Waals surface area contributed by atoms with Gasteiger partial charge in [0, 0.05) is 43.7 Å². The average molecular weight is 362 g/mol. The predicted octanol–water partition coefficient (Wildman–Crippen LogP) is 2.32. The van der Waals surface area contributed by atoms with Gasteiger partial charge in [-0.05, 0) is 49.9 Å². The van der Waals surface area contributed by atoms with Crippen molar-refractivity contribution in [2.24, 2.45) is 5.92 Å². The average Bonchev–Trinajstić information content (AvgIpc) is 2.71. The molecule has 1 aliphatic rings. The maximum atomic E-state index is 12.5. The predicted molar refractivity (Wildman–Crippen MR) is 103 cm³/mol. The first-order valence-corrected chi connectivity index (χ1v) is 9.21. The minimum atomic E-state index is -0.0105. The van der Waals surface area contributed by atoms with E-state index in [9.17, 15) is 4.79 Å². The Morgan fingerprint density at radius 2 is 1.85 bits per heavy atom. The molecule has 1 saturated heterocycles. The Balaban J connectivity index is 1.39. The van der Waals surface area contributed by atoms with Crippen LogP contribution in [0, 0.1) is 12.8 Å². The normalized spacial score (nSPS) is 15.1. The number of rotatable bonds is 4. The fourth-order valence-electron chi connectivity index (χ4n) is 3.43. The molecule has 0 saturated carbocycles. The van der Waals surface area contributed by atoms with Gasteiger partial charge in [-0.25, -0.2) is 4.98 Å². The zero-order valence-corrected chi connectivity index (χ0v) is 15.3. The topological polar surface area (TPSA) is 76.8 Å². The van der Waals surface area contributed by atoms with E-state index in [0.29, 0.717) is 18.2 Å². The van der Waals surface area contributed by atoms with Crippen molar-refractivity contribution in [3.63, 3.8) is 0 Å². The van der Waals surface area contributed by atoms with Crippen molar-refractivity contribution in [2.45, 2.75) is 26.3 Å². The summed E-state index contributed by atoms with van der Waals surface area (Å²) in [5.74, 6) is 1.39. The molecule has 0 amide bonds. The molecule has 0 N–H and O–H groups in total. The molecule has 0 radical (unpaired) electrons. The number of aromatic nitrogens is 5. The van der Waals surface area contributed by atoms with E-state index < -0.39 is 0 Å². The number of piperidine rings is 1. The first-order chi connectivity index (χ1) is 13.2. The first-order valence-electron chi connectivity index (χ1n) is 9.21. The zero-order chi connectivity index (χ0) is 18.6. The second kappa shape index (κ2) is 7.65. The highest BCUT2D eigenvalue weighted by atomic mass is 16.1. The van der Waals surface area contributed by atoms with E-state index >= 15 is 0 Å². The molecule has 3 aromatic heterocycles. The van der Waals surface area contributed by atoms with Crippen LogP contribution in [-0.2, 0) is 6.54 Å². The van der Waals surface area contributed by atoms with E-state index in [1.165, 1.54) is 0 Å². The standard InChI is InChI=1S/C20H22N6O/c1-15-2-3-19(24-23-15)25-10-6-16(7-11-25)13-26-14-22-18(12-20(26)27)17-4-8-21-9-5-17/h2-5,8-9,12,14,16H,6-7,10-11,13H2,1H3. The Hall–Kier alpha value is -3.09. The van der Waals surface area contributed by atoms with Crippen LogP contribution in [0.25, 0.3) is 11.3 Å². The van der Waals surface area contributed by atoms with E-state index in [1.54, 1.807) is 29.4 Å². The molecule has 0 atom stereocenters. The van der Waals surface area contributed by atoms with Crippen molar-refractivity contribution in [1.29, 1.82) is 0 Å². The molecule has 138 valence electrons. The van der Waals surface area contributed by atoms with Crippen molar-refractivity contribution in [3.05, 3.63) is 65.1 Å². The highest BCUT2D eigenvalue weighted by molar-refractivity contribution is 5.57. The molecule has 4 heterocycles. The Morgan fingerprint density at radius 1 is 1.07 bits per heavy atom. The third kappa shape index (κ3) is 4.02. The molecule has 0 aromatic carbocycles. The van der Waals surface area contributed by atoms with Gasteiger partial charge >= 0.3 is 0 Å². The number of nitrogens with zero attached hydrogens (tertiary/aromatic N) is 6. The number of pyridine rings is 1. The molecule has 4 rings (SSSR count). The molecule has 0 spiro atoms. The highest BCUT2D eigenvalue weighted by Gasteiger charge is 2.21. The zero-order valence-electron chi connectivity index (χ0n) is 15.3. The largest absolute Gasteiger partial charge is 0.355 e. The lowest BCUT2D eigenvalue weighted by Crippen LogP contribution is -2.36. The highest BCUT2D eigenvalue weighted by Crippen LogP contribution is 2.22. The minimum absolute atomic E-state index is 0.0105. The summed E-state index contributed by atoms with van der Waals surface area (Å²) in [6, 6.07) is 9.33. The van der Waals surface area contributed by atoms with Crippen molar-refractivity contribution in [2.75, 3.05) is 18.0 Å².